The molecule has 4 nitrogen and oxygen atoms in total. The number of nitrogens with one attached hydrogen (secondary N) is 1. The number of hydrogen-bond acceptors (Lipinski definition) is 3. The lowest BCUT2D eigenvalue weighted by Gasteiger charge is -2.25. The molecule has 0 aliphatic heterocycles. The summed E-state index contributed by atoms with van der Waals surface area (Å²) in [5.74, 6) is -0.385. The van der Waals surface area contributed by atoms with Crippen molar-refractivity contribution in [1.82, 2.24) is 10.2 Å². The minimum Gasteiger partial charge on any atom is -0.353 e. The summed E-state index contributed by atoms with van der Waals surface area (Å²) >= 11 is 0. The number of carbonyl (C=O) groups excluding carboxylic acids is 1. The van der Waals surface area contributed by atoms with Gasteiger partial charge in [0.05, 0.1) is 11.6 Å². The molecule has 1 saturated carbocycles. The Morgan fingerprint density at radius 1 is 1.53 bits per heavy atom. The zero-order valence-corrected chi connectivity index (χ0v) is 11.3. The summed E-state index contributed by atoms with van der Waals surface area (Å²) in [5.41, 5.74) is 6.00. The van der Waals surface area contributed by atoms with Crippen LogP contribution in [0.4, 0.5) is 4.39 Å². The molecule has 0 saturated heterocycles. The molecule has 5 heteroatoms. The summed E-state index contributed by atoms with van der Waals surface area (Å²) in [6.07, 6.45) is 1.48. The van der Waals surface area contributed by atoms with Crippen LogP contribution < -0.4 is 11.1 Å². The lowest BCUT2D eigenvalue weighted by molar-refractivity contribution is -0.123. The van der Waals surface area contributed by atoms with E-state index in [0.717, 1.165) is 18.4 Å². The second-order valence-electron chi connectivity index (χ2n) is 5.40. The van der Waals surface area contributed by atoms with Gasteiger partial charge in [-0.15, -0.1) is 0 Å². The molecule has 0 heterocycles. The molecule has 1 aliphatic rings. The van der Waals surface area contributed by atoms with Crippen LogP contribution in [-0.4, -0.2) is 37.0 Å². The van der Waals surface area contributed by atoms with E-state index in [9.17, 15) is 9.18 Å². The zero-order valence-electron chi connectivity index (χ0n) is 11.3. The molecule has 19 heavy (non-hydrogen) atoms. The third-order valence-corrected chi connectivity index (χ3v) is 3.55. The van der Waals surface area contributed by atoms with Crippen LogP contribution in [0.15, 0.2) is 24.3 Å². The highest BCUT2D eigenvalue weighted by molar-refractivity contribution is 5.88. The van der Waals surface area contributed by atoms with E-state index in [-0.39, 0.29) is 17.8 Å². The van der Waals surface area contributed by atoms with Gasteiger partial charge < -0.3 is 16.0 Å². The Labute approximate surface area is 112 Å². The molecule has 1 fully saturated rings. The second kappa shape index (κ2) is 5.27. The summed E-state index contributed by atoms with van der Waals surface area (Å²) in [5, 5.41) is 2.86. The van der Waals surface area contributed by atoms with Gasteiger partial charge in [0.25, 0.3) is 0 Å². The molecule has 104 valence electrons. The van der Waals surface area contributed by atoms with Gasteiger partial charge in [-0.05, 0) is 44.6 Å². The molecule has 3 N–H and O–H groups in total. The predicted octanol–water partition coefficient (Wildman–Crippen LogP) is 1.04. The highest BCUT2D eigenvalue weighted by Crippen LogP contribution is 2.32. The van der Waals surface area contributed by atoms with Crippen molar-refractivity contribution >= 4 is 5.91 Å². The first kappa shape index (κ1) is 14.0. The Bertz CT molecular complexity index is 472. The SMILES string of the molecule is CN(C)C(CNC(=O)C1(N)CC1)c1cccc(F)c1. The third-order valence-electron chi connectivity index (χ3n) is 3.55. The molecule has 0 bridgehead atoms. The lowest BCUT2D eigenvalue weighted by Crippen LogP contribution is -2.45. The van der Waals surface area contributed by atoms with Gasteiger partial charge in [-0.2, -0.15) is 0 Å². The van der Waals surface area contributed by atoms with Crippen molar-refractivity contribution < 1.29 is 9.18 Å². The third kappa shape index (κ3) is 3.30. The average Bonchev–Trinajstić information content (AvgIpc) is 3.08. The molecule has 1 unspecified atom stereocenters. The topological polar surface area (TPSA) is 58.4 Å². The Morgan fingerprint density at radius 2 is 2.21 bits per heavy atom. The minimum atomic E-state index is -0.668. The van der Waals surface area contributed by atoms with Crippen LogP contribution in [0.1, 0.15) is 24.4 Å². The van der Waals surface area contributed by atoms with Crippen molar-refractivity contribution in [2.24, 2.45) is 5.73 Å². The largest absolute Gasteiger partial charge is 0.353 e. The monoisotopic (exact) mass is 265 g/mol. The van der Waals surface area contributed by atoms with Crippen LogP contribution >= 0.6 is 0 Å². The molecule has 0 aromatic heterocycles. The average molecular weight is 265 g/mol. The van der Waals surface area contributed by atoms with Crippen LogP contribution in [0.2, 0.25) is 0 Å². The van der Waals surface area contributed by atoms with Crippen molar-refractivity contribution in [2.45, 2.75) is 24.4 Å². The number of carbonyl (C=O) groups is 1. The van der Waals surface area contributed by atoms with Gasteiger partial charge in [0.15, 0.2) is 0 Å². The first-order valence-corrected chi connectivity index (χ1v) is 6.41. The zero-order chi connectivity index (χ0) is 14.0. The van der Waals surface area contributed by atoms with Crippen LogP contribution in [0.5, 0.6) is 0 Å². The number of hydrogen-bond donors (Lipinski definition) is 2. The Kier molecular flexibility index (Phi) is 3.87. The summed E-state index contributed by atoms with van der Waals surface area (Å²) in [4.78, 5) is 13.8. The van der Waals surface area contributed by atoms with Crippen molar-refractivity contribution in [2.75, 3.05) is 20.6 Å². The van der Waals surface area contributed by atoms with Gasteiger partial charge in [-0.25, -0.2) is 4.39 Å². The van der Waals surface area contributed by atoms with Gasteiger partial charge in [-0.1, -0.05) is 12.1 Å². The number of likely N-dealkylation sites (N-methyl/N-ethyl adjacent to an activating group) is 1. The lowest BCUT2D eigenvalue weighted by atomic mass is 10.1. The molecule has 1 aromatic rings. The van der Waals surface area contributed by atoms with Gasteiger partial charge >= 0.3 is 0 Å². The first-order valence-electron chi connectivity index (χ1n) is 6.41. The number of nitrogens with two attached hydrogens (primary N) is 1. The number of rotatable bonds is 5. The summed E-state index contributed by atoms with van der Waals surface area (Å²) in [7, 11) is 3.80. The fraction of sp³-hybridized carbons (Fsp3) is 0.500. The van der Waals surface area contributed by atoms with E-state index in [1.807, 2.05) is 25.1 Å². The van der Waals surface area contributed by atoms with E-state index in [1.54, 1.807) is 6.07 Å². The fourth-order valence-electron chi connectivity index (χ4n) is 2.04. The van der Waals surface area contributed by atoms with Crippen molar-refractivity contribution in [3.8, 4) is 0 Å². The normalized spacial score (nSPS) is 18.2. The maximum atomic E-state index is 13.3. The smallest absolute Gasteiger partial charge is 0.240 e. The van der Waals surface area contributed by atoms with Crippen molar-refractivity contribution in [3.05, 3.63) is 35.6 Å². The maximum Gasteiger partial charge on any atom is 0.240 e. The molecule has 1 aromatic carbocycles. The van der Waals surface area contributed by atoms with Crippen LogP contribution in [-0.2, 0) is 4.79 Å². The summed E-state index contributed by atoms with van der Waals surface area (Å²) in [6, 6.07) is 6.37. The molecule has 1 atom stereocenters. The molecule has 1 amide bonds. The van der Waals surface area contributed by atoms with Crippen molar-refractivity contribution in [3.63, 3.8) is 0 Å². The molecule has 2 rings (SSSR count). The Hall–Kier alpha value is -1.46. The Balaban J connectivity index is 2.02. The number of amides is 1. The van der Waals surface area contributed by atoms with Gasteiger partial charge in [0.2, 0.25) is 5.91 Å². The quantitative estimate of drug-likeness (QED) is 0.836. The minimum absolute atomic E-state index is 0.0676. The Morgan fingerprint density at radius 3 is 2.74 bits per heavy atom. The number of halogens is 1. The first-order chi connectivity index (χ1) is 8.92. The number of nitrogens with zero attached hydrogens (tertiary/aromatic N) is 1. The predicted molar refractivity (Wildman–Crippen MR) is 72.0 cm³/mol. The molecule has 0 spiro atoms. The van der Waals surface area contributed by atoms with E-state index in [1.165, 1.54) is 12.1 Å². The molecule has 1 aliphatic carbocycles. The highest BCUT2D eigenvalue weighted by atomic mass is 19.1. The van der Waals surface area contributed by atoms with E-state index < -0.39 is 5.54 Å². The van der Waals surface area contributed by atoms with Gasteiger partial charge in [0, 0.05) is 6.54 Å². The molecular weight excluding hydrogens is 245 g/mol. The van der Waals surface area contributed by atoms with Crippen LogP contribution in [0.3, 0.4) is 0 Å². The summed E-state index contributed by atoms with van der Waals surface area (Å²) in [6.45, 7) is 0.425. The highest BCUT2D eigenvalue weighted by Gasteiger charge is 2.45. The standard InChI is InChI=1S/C14H20FN3O/c1-18(2)12(10-4-3-5-11(15)8-10)9-17-13(19)14(16)6-7-14/h3-5,8,12H,6-7,9,16H2,1-2H3,(H,17,19). The van der Waals surface area contributed by atoms with Crippen LogP contribution in [0.25, 0.3) is 0 Å². The van der Waals surface area contributed by atoms with E-state index >= 15 is 0 Å². The summed E-state index contributed by atoms with van der Waals surface area (Å²) < 4.78 is 13.3. The second-order valence-corrected chi connectivity index (χ2v) is 5.40. The van der Waals surface area contributed by atoms with Gasteiger partial charge in [-0.3, -0.25) is 4.79 Å². The fourth-order valence-corrected chi connectivity index (χ4v) is 2.04. The van der Waals surface area contributed by atoms with Crippen LogP contribution in [0, 0.1) is 5.82 Å². The number of benzene rings is 1. The van der Waals surface area contributed by atoms with E-state index in [4.69, 9.17) is 5.73 Å². The van der Waals surface area contributed by atoms with Gasteiger partial charge in [0.1, 0.15) is 5.82 Å². The maximum absolute atomic E-state index is 13.3. The molecular formula is C14H20FN3O. The van der Waals surface area contributed by atoms with E-state index in [2.05, 4.69) is 5.32 Å². The van der Waals surface area contributed by atoms with E-state index in [0.29, 0.717) is 6.54 Å². The van der Waals surface area contributed by atoms with Crippen molar-refractivity contribution in [1.29, 1.82) is 0 Å². The molecule has 0 radical (unpaired) electrons.